The van der Waals surface area contributed by atoms with Gasteiger partial charge in [-0.1, -0.05) is 41.3 Å². The Kier molecular flexibility index (Phi) is 6.64. The Bertz CT molecular complexity index is 1580. The third-order valence-corrected chi connectivity index (χ3v) is 5.33. The van der Waals surface area contributed by atoms with Gasteiger partial charge in [-0.25, -0.2) is 0 Å². The van der Waals surface area contributed by atoms with Crippen molar-refractivity contribution < 1.29 is 39.2 Å². The molecule has 0 spiro atoms. The monoisotopic (exact) mass is 627 g/mol. The van der Waals surface area contributed by atoms with E-state index in [1.165, 1.54) is 19.9 Å². The predicted molar refractivity (Wildman–Crippen MR) is 130 cm³/mol. The molecule has 0 amide bonds. The molecule has 0 fully saturated rings. The Morgan fingerprint density at radius 2 is 1.91 bits per heavy atom. The molecule has 0 aliphatic carbocycles. The van der Waals surface area contributed by atoms with Gasteiger partial charge in [0.1, 0.15) is 11.3 Å². The molecular formula is C28H20IrNO4-. The first kappa shape index (κ1) is 23.4. The van der Waals surface area contributed by atoms with E-state index in [9.17, 15) is 4.79 Å². The molecule has 1 aliphatic rings. The molecular weight excluding hydrogens is 607 g/mol. The molecule has 6 rings (SSSR count). The molecule has 6 heteroatoms. The molecule has 0 atom stereocenters. The fourth-order valence-electron chi connectivity index (χ4n) is 4.11. The largest absolute Gasteiger partial charge is 0.512 e. The van der Waals surface area contributed by atoms with Crippen molar-refractivity contribution in [3.05, 3.63) is 90.5 Å². The van der Waals surface area contributed by atoms with Crippen LogP contribution < -0.4 is 4.74 Å². The number of aliphatic hydroxyl groups is 1. The zero-order chi connectivity index (χ0) is 22.9. The average molecular weight is 627 g/mol. The van der Waals surface area contributed by atoms with Crippen LogP contribution >= 0.6 is 0 Å². The van der Waals surface area contributed by atoms with Crippen molar-refractivity contribution in [2.45, 2.75) is 13.8 Å². The Hall–Kier alpha value is -3.73. The van der Waals surface area contributed by atoms with Crippen LogP contribution in [0.25, 0.3) is 50.0 Å². The zero-order valence-electron chi connectivity index (χ0n) is 18.5. The van der Waals surface area contributed by atoms with Crippen LogP contribution in [0.2, 0.25) is 0 Å². The van der Waals surface area contributed by atoms with Crippen LogP contribution in [0.5, 0.6) is 5.75 Å². The zero-order valence-corrected chi connectivity index (χ0v) is 20.9. The number of fused-ring (bicyclic) bond motifs is 4. The summed E-state index contributed by atoms with van der Waals surface area (Å²) in [6.07, 6.45) is 6.67. The molecule has 0 unspecified atom stereocenters. The Balaban J connectivity index is 0.000000303. The number of hydrogen-bond donors (Lipinski definition) is 1. The second kappa shape index (κ2) is 9.64. The summed E-state index contributed by atoms with van der Waals surface area (Å²) < 4.78 is 12.0. The van der Waals surface area contributed by atoms with Crippen LogP contribution in [0.4, 0.5) is 0 Å². The quantitative estimate of drug-likeness (QED) is 0.130. The van der Waals surface area contributed by atoms with Crippen LogP contribution in [-0.2, 0) is 24.9 Å². The van der Waals surface area contributed by atoms with E-state index >= 15 is 0 Å². The van der Waals surface area contributed by atoms with E-state index in [4.69, 9.17) is 14.3 Å². The number of rotatable bonds is 2. The van der Waals surface area contributed by atoms with Gasteiger partial charge in [-0.05, 0) is 42.6 Å². The molecule has 171 valence electrons. The summed E-state index contributed by atoms with van der Waals surface area (Å²) in [5.74, 6) is 0.764. The first-order valence-electron chi connectivity index (χ1n) is 10.5. The number of aromatic nitrogens is 1. The molecule has 34 heavy (non-hydrogen) atoms. The number of hydrogen-bond acceptors (Lipinski definition) is 5. The molecule has 5 nitrogen and oxygen atoms in total. The molecule has 2 aromatic heterocycles. The fraction of sp³-hybridized carbons (Fsp3) is 0.0714. The number of furan rings is 1. The summed E-state index contributed by atoms with van der Waals surface area (Å²) in [5, 5.41) is 12.8. The first-order chi connectivity index (χ1) is 16.0. The minimum Gasteiger partial charge on any atom is -0.512 e. The van der Waals surface area contributed by atoms with Gasteiger partial charge in [0.05, 0.1) is 17.6 Å². The van der Waals surface area contributed by atoms with E-state index < -0.39 is 0 Å². The molecule has 1 radical (unpaired) electrons. The molecule has 3 aromatic carbocycles. The molecule has 3 heterocycles. The second-order valence-corrected chi connectivity index (χ2v) is 7.75. The standard InChI is InChI=1S/C23H12NO2.C5H8O2.Ir/c1-2-11-24-18(9-1)15-6-4-8-17-22-16-7-3-5-14-10-12-25-19(21(14)16)13-20(22)26-23(15)17;1-4(6)3-5(2)7;/h1-5,7-13H;3,6H,1-2H3;/q-1;;/b;4-3-;. The molecule has 5 aromatic rings. The Morgan fingerprint density at radius 1 is 1.06 bits per heavy atom. The number of pyridine rings is 1. The maximum Gasteiger partial charge on any atom is 0.155 e. The summed E-state index contributed by atoms with van der Waals surface area (Å²) in [4.78, 5) is 14.5. The maximum atomic E-state index is 10.0. The second-order valence-electron chi connectivity index (χ2n) is 7.75. The van der Waals surface area contributed by atoms with Crippen LogP contribution in [0.3, 0.4) is 0 Å². The summed E-state index contributed by atoms with van der Waals surface area (Å²) in [6.45, 7) is 2.85. The van der Waals surface area contributed by atoms with Gasteiger partial charge in [0.2, 0.25) is 0 Å². The molecule has 1 N–H and O–H groups in total. The third-order valence-electron chi connectivity index (χ3n) is 5.33. The normalized spacial score (nSPS) is 12.1. The number of ketones is 1. The van der Waals surface area contributed by atoms with Crippen LogP contribution in [0.15, 0.2) is 83.3 Å². The smallest absolute Gasteiger partial charge is 0.155 e. The molecule has 0 saturated carbocycles. The van der Waals surface area contributed by atoms with Crippen molar-refractivity contribution in [2.75, 3.05) is 0 Å². The topological polar surface area (TPSA) is 72.6 Å². The number of nitrogens with zero attached hydrogens (tertiary/aromatic N) is 1. The number of carbonyl (C=O) groups excluding carboxylic acids is 1. The van der Waals surface area contributed by atoms with E-state index in [2.05, 4.69) is 35.3 Å². The molecule has 1 aliphatic heterocycles. The Morgan fingerprint density at radius 3 is 2.62 bits per heavy atom. The van der Waals surface area contributed by atoms with Crippen molar-refractivity contribution in [3.8, 4) is 17.0 Å². The van der Waals surface area contributed by atoms with Crippen molar-refractivity contribution in [3.63, 3.8) is 0 Å². The fourth-order valence-corrected chi connectivity index (χ4v) is 4.11. The van der Waals surface area contributed by atoms with Gasteiger partial charge in [-0.2, -0.15) is 0 Å². The van der Waals surface area contributed by atoms with E-state index in [1.54, 1.807) is 12.5 Å². The van der Waals surface area contributed by atoms with E-state index in [-0.39, 0.29) is 31.6 Å². The van der Waals surface area contributed by atoms with E-state index in [0.717, 1.165) is 55.3 Å². The van der Waals surface area contributed by atoms with Gasteiger partial charge in [0.15, 0.2) is 5.78 Å². The van der Waals surface area contributed by atoms with Gasteiger partial charge in [-0.15, -0.1) is 18.2 Å². The number of carbonyl (C=O) groups is 1. The summed E-state index contributed by atoms with van der Waals surface area (Å²) in [7, 11) is 0. The molecule has 0 saturated heterocycles. The van der Waals surface area contributed by atoms with Crippen LogP contribution in [0, 0.1) is 6.07 Å². The Labute approximate surface area is 209 Å². The van der Waals surface area contributed by atoms with Crippen molar-refractivity contribution >= 4 is 44.6 Å². The molecule has 0 bridgehead atoms. The van der Waals surface area contributed by atoms with Crippen molar-refractivity contribution in [1.82, 2.24) is 4.98 Å². The summed E-state index contributed by atoms with van der Waals surface area (Å²) >= 11 is 0. The predicted octanol–water partition coefficient (Wildman–Crippen LogP) is 7.00. The van der Waals surface area contributed by atoms with E-state index in [1.807, 2.05) is 36.4 Å². The van der Waals surface area contributed by atoms with Crippen molar-refractivity contribution in [2.24, 2.45) is 0 Å². The van der Waals surface area contributed by atoms with Gasteiger partial charge >= 0.3 is 0 Å². The van der Waals surface area contributed by atoms with Gasteiger partial charge in [0, 0.05) is 49.2 Å². The maximum absolute atomic E-state index is 10.0. The number of ether oxygens (including phenoxy) is 1. The van der Waals surface area contributed by atoms with Gasteiger partial charge in [-0.3, -0.25) is 4.79 Å². The van der Waals surface area contributed by atoms with Crippen molar-refractivity contribution in [1.29, 1.82) is 0 Å². The van der Waals surface area contributed by atoms with Crippen LogP contribution in [-0.4, -0.2) is 15.9 Å². The number of aliphatic hydroxyl groups excluding tert-OH is 1. The average Bonchev–Trinajstić information content (AvgIpc) is 3.18. The SMILES string of the molecule is CC(=O)/C=C(/C)O.[Ir].[c-]1ccc2c(oc3cc4c5c(cccc5c32)C=CO4)c1-c1ccccn1. The van der Waals surface area contributed by atoms with Gasteiger partial charge < -0.3 is 19.2 Å². The van der Waals surface area contributed by atoms with Crippen LogP contribution in [0.1, 0.15) is 19.4 Å². The van der Waals surface area contributed by atoms with Gasteiger partial charge in [0.25, 0.3) is 0 Å². The minimum absolute atomic E-state index is 0. The van der Waals surface area contributed by atoms with E-state index in [0.29, 0.717) is 0 Å². The third kappa shape index (κ3) is 4.26. The first-order valence-corrected chi connectivity index (χ1v) is 10.5. The number of allylic oxidation sites excluding steroid dienone is 2. The summed E-state index contributed by atoms with van der Waals surface area (Å²) in [6, 6.07) is 21.4. The minimum atomic E-state index is -0.125. The summed E-state index contributed by atoms with van der Waals surface area (Å²) in [5.41, 5.74) is 4.50. The number of benzene rings is 3.